The molecule has 8 nitrogen and oxygen atoms in total. The topological polar surface area (TPSA) is 109 Å². The van der Waals surface area contributed by atoms with E-state index in [1.54, 1.807) is 24.2 Å². The van der Waals surface area contributed by atoms with Gasteiger partial charge in [0.25, 0.3) is 0 Å². The fraction of sp³-hybridized carbons (Fsp3) is 0.600. The molecule has 0 aliphatic carbocycles. The van der Waals surface area contributed by atoms with Crippen LogP contribution in [0.2, 0.25) is 0 Å². The first-order valence-electron chi connectivity index (χ1n) is 9.94. The van der Waals surface area contributed by atoms with Crippen molar-refractivity contribution in [3.05, 3.63) is 24.0 Å². The van der Waals surface area contributed by atoms with E-state index in [2.05, 4.69) is 36.1 Å². The van der Waals surface area contributed by atoms with Crippen molar-refractivity contribution in [2.75, 3.05) is 12.4 Å². The smallest absolute Gasteiger partial charge is 0.245 e. The fourth-order valence-electron chi connectivity index (χ4n) is 2.50. The van der Waals surface area contributed by atoms with E-state index < -0.39 is 0 Å². The number of hydroxylamine groups is 2. The van der Waals surface area contributed by atoms with Crippen LogP contribution in [0.25, 0.3) is 0 Å². The minimum Gasteiger partial charge on any atom is -0.444 e. The molecule has 10 heteroatoms. The van der Waals surface area contributed by atoms with Gasteiger partial charge >= 0.3 is 0 Å². The molecular formula is C20H30N4O4S2. The Labute approximate surface area is 185 Å². The Hall–Kier alpha value is -1.91. The molecular weight excluding hydrogens is 424 g/mol. The first kappa shape index (κ1) is 24.4. The van der Waals surface area contributed by atoms with Crippen LogP contribution in [-0.4, -0.2) is 39.1 Å². The van der Waals surface area contributed by atoms with E-state index in [1.807, 2.05) is 0 Å². The first-order valence-corrected chi connectivity index (χ1v) is 11.7. The molecule has 0 unspecified atom stereocenters. The maximum Gasteiger partial charge on any atom is 0.245 e. The number of anilines is 1. The summed E-state index contributed by atoms with van der Waals surface area (Å²) in [6.07, 6.45) is 7.43. The lowest BCUT2D eigenvalue weighted by Crippen LogP contribution is -2.21. The Morgan fingerprint density at radius 2 is 1.87 bits per heavy atom. The molecule has 0 aliphatic heterocycles. The molecule has 2 amide bonds. The summed E-state index contributed by atoms with van der Waals surface area (Å²) >= 11 is 3.01. The van der Waals surface area contributed by atoms with E-state index in [0.29, 0.717) is 41.1 Å². The number of thiazole rings is 1. The normalized spacial score (nSPS) is 11.5. The number of aromatic nitrogens is 2. The van der Waals surface area contributed by atoms with Crippen LogP contribution >= 0.6 is 23.1 Å². The highest BCUT2D eigenvalue weighted by molar-refractivity contribution is 8.00. The zero-order chi connectivity index (χ0) is 22.1. The lowest BCUT2D eigenvalue weighted by Gasteiger charge is -2.12. The molecule has 0 bridgehead atoms. The van der Waals surface area contributed by atoms with Crippen LogP contribution < -0.4 is 5.32 Å². The third-order valence-electron chi connectivity index (χ3n) is 4.27. The summed E-state index contributed by atoms with van der Waals surface area (Å²) in [5.41, 5.74) is -0.0641. The number of amides is 2. The van der Waals surface area contributed by atoms with Gasteiger partial charge in [0.2, 0.25) is 17.7 Å². The van der Waals surface area contributed by atoms with Crippen molar-refractivity contribution in [3.63, 3.8) is 0 Å². The van der Waals surface area contributed by atoms with Crippen LogP contribution in [0.1, 0.15) is 70.9 Å². The molecule has 0 aliphatic rings. The number of hydrogen-bond donors (Lipinski definition) is 2. The average molecular weight is 455 g/mol. The van der Waals surface area contributed by atoms with Gasteiger partial charge in [0, 0.05) is 25.3 Å². The van der Waals surface area contributed by atoms with Gasteiger partial charge in [-0.05, 0) is 12.8 Å². The number of oxazole rings is 1. The van der Waals surface area contributed by atoms with Crippen molar-refractivity contribution >= 4 is 40.0 Å². The second-order valence-corrected chi connectivity index (χ2v) is 10.3. The Morgan fingerprint density at radius 1 is 1.17 bits per heavy atom. The highest BCUT2D eigenvalue weighted by atomic mass is 32.2. The highest BCUT2D eigenvalue weighted by Gasteiger charge is 2.19. The molecule has 166 valence electrons. The number of rotatable bonds is 11. The number of carbonyl (C=O) groups excluding carboxylic acids is 2. The lowest BCUT2D eigenvalue weighted by molar-refractivity contribution is -0.159. The van der Waals surface area contributed by atoms with E-state index in [9.17, 15) is 9.59 Å². The van der Waals surface area contributed by atoms with Crippen LogP contribution in [0.3, 0.4) is 0 Å². The number of nitrogens with one attached hydrogen (secondary N) is 1. The lowest BCUT2D eigenvalue weighted by atomic mass is 9.94. The van der Waals surface area contributed by atoms with Gasteiger partial charge in [0.05, 0.1) is 22.4 Å². The summed E-state index contributed by atoms with van der Waals surface area (Å²) in [6, 6.07) is 0. The molecule has 2 rings (SSSR count). The average Bonchev–Trinajstić information content (AvgIpc) is 3.31. The number of nitrogens with zero attached hydrogens (tertiary/aromatic N) is 3. The Morgan fingerprint density at radius 3 is 2.50 bits per heavy atom. The standard InChI is InChI=1S/C20H30N4O4S2/c1-20(2,3)14-11-21-16(28-14)13-29-18-12-22-19(30-18)23-15(25)9-7-5-6-8-10-17(26)24(4)27/h11-12,27H,5-10,13H2,1-4H3,(H,22,23,25). The third kappa shape index (κ3) is 8.45. The SMILES string of the molecule is CN(O)C(=O)CCCCCCC(=O)Nc1ncc(SCc2ncc(C(C)(C)C)o2)s1. The summed E-state index contributed by atoms with van der Waals surface area (Å²) in [4.78, 5) is 31.9. The summed E-state index contributed by atoms with van der Waals surface area (Å²) in [7, 11) is 1.33. The van der Waals surface area contributed by atoms with Crippen molar-refractivity contribution in [1.82, 2.24) is 15.0 Å². The summed E-state index contributed by atoms with van der Waals surface area (Å²) in [6.45, 7) is 6.25. The van der Waals surface area contributed by atoms with Gasteiger partial charge in [-0.25, -0.2) is 15.0 Å². The molecule has 0 atom stereocenters. The Balaban J connectivity index is 1.64. The van der Waals surface area contributed by atoms with E-state index in [1.165, 1.54) is 18.4 Å². The molecule has 2 aromatic rings. The zero-order valence-corrected chi connectivity index (χ0v) is 19.6. The molecule has 0 fully saturated rings. The molecule has 0 saturated carbocycles. The van der Waals surface area contributed by atoms with Crippen LogP contribution in [0.15, 0.2) is 21.0 Å². The van der Waals surface area contributed by atoms with E-state index >= 15 is 0 Å². The van der Waals surface area contributed by atoms with Gasteiger partial charge in [-0.1, -0.05) is 44.9 Å². The fourth-order valence-corrected chi connectivity index (χ4v) is 4.24. The number of carbonyl (C=O) groups is 2. The predicted octanol–water partition coefficient (Wildman–Crippen LogP) is 4.85. The summed E-state index contributed by atoms with van der Waals surface area (Å²) < 4.78 is 6.77. The quantitative estimate of drug-likeness (QED) is 0.216. The molecule has 0 spiro atoms. The molecule has 2 heterocycles. The van der Waals surface area contributed by atoms with Crippen LogP contribution in [0, 0.1) is 0 Å². The molecule has 0 saturated heterocycles. The maximum atomic E-state index is 12.1. The molecule has 2 aromatic heterocycles. The molecule has 2 N–H and O–H groups in total. The van der Waals surface area contributed by atoms with Gasteiger partial charge < -0.3 is 9.73 Å². The maximum absolute atomic E-state index is 12.1. The summed E-state index contributed by atoms with van der Waals surface area (Å²) in [5, 5.41) is 13.0. The second-order valence-electron chi connectivity index (χ2n) is 8.02. The van der Waals surface area contributed by atoms with Crippen molar-refractivity contribution < 1.29 is 19.2 Å². The van der Waals surface area contributed by atoms with Crippen molar-refractivity contribution in [2.45, 2.75) is 74.7 Å². The molecule has 30 heavy (non-hydrogen) atoms. The number of unbranched alkanes of at least 4 members (excludes halogenated alkanes) is 3. The van der Waals surface area contributed by atoms with Crippen LogP contribution in [-0.2, 0) is 20.8 Å². The van der Waals surface area contributed by atoms with E-state index in [4.69, 9.17) is 9.62 Å². The van der Waals surface area contributed by atoms with Gasteiger partial charge in [0.1, 0.15) is 5.76 Å². The van der Waals surface area contributed by atoms with Crippen molar-refractivity contribution in [1.29, 1.82) is 0 Å². The highest BCUT2D eigenvalue weighted by Crippen LogP contribution is 2.31. The molecule has 0 radical (unpaired) electrons. The molecule has 0 aromatic carbocycles. The van der Waals surface area contributed by atoms with Gasteiger partial charge in [-0.15, -0.1) is 11.8 Å². The third-order valence-corrected chi connectivity index (χ3v) is 6.36. The predicted molar refractivity (Wildman–Crippen MR) is 118 cm³/mol. The Kier molecular flexibility index (Phi) is 9.32. The van der Waals surface area contributed by atoms with Gasteiger partial charge in [0.15, 0.2) is 5.13 Å². The number of thioether (sulfide) groups is 1. The monoisotopic (exact) mass is 454 g/mol. The number of hydrogen-bond acceptors (Lipinski definition) is 8. The van der Waals surface area contributed by atoms with E-state index in [0.717, 1.165) is 29.2 Å². The zero-order valence-electron chi connectivity index (χ0n) is 17.9. The van der Waals surface area contributed by atoms with E-state index in [-0.39, 0.29) is 17.2 Å². The largest absolute Gasteiger partial charge is 0.444 e. The van der Waals surface area contributed by atoms with Crippen LogP contribution in [0.5, 0.6) is 0 Å². The second kappa shape index (κ2) is 11.5. The van der Waals surface area contributed by atoms with Gasteiger partial charge in [-0.3, -0.25) is 14.8 Å². The summed E-state index contributed by atoms with van der Waals surface area (Å²) in [5.74, 6) is 1.80. The Bertz CT molecular complexity index is 827. The minimum atomic E-state index is -0.289. The van der Waals surface area contributed by atoms with Crippen molar-refractivity contribution in [3.8, 4) is 0 Å². The minimum absolute atomic E-state index is 0.0606. The van der Waals surface area contributed by atoms with Gasteiger partial charge in [-0.2, -0.15) is 0 Å². The van der Waals surface area contributed by atoms with Crippen molar-refractivity contribution in [2.24, 2.45) is 0 Å². The van der Waals surface area contributed by atoms with Crippen LogP contribution in [0.4, 0.5) is 5.13 Å². The first-order chi connectivity index (χ1) is 14.1.